The van der Waals surface area contributed by atoms with Crippen LogP contribution in [0.4, 0.5) is 0 Å². The molecule has 0 aliphatic rings. The van der Waals surface area contributed by atoms with Gasteiger partial charge in [0.15, 0.2) is 11.9 Å². The van der Waals surface area contributed by atoms with Crippen LogP contribution in [0.25, 0.3) is 10.3 Å². The lowest BCUT2D eigenvalue weighted by Crippen LogP contribution is -1.82. The van der Waals surface area contributed by atoms with Crippen LogP contribution in [0.3, 0.4) is 0 Å². The van der Waals surface area contributed by atoms with Crippen LogP contribution < -0.4 is 4.94 Å². The summed E-state index contributed by atoms with van der Waals surface area (Å²) in [6.07, 6.45) is 2.00. The van der Waals surface area contributed by atoms with Crippen molar-refractivity contribution in [2.24, 2.45) is 0 Å². The van der Waals surface area contributed by atoms with Gasteiger partial charge in [-0.1, -0.05) is 11.3 Å². The number of hydrogen-bond acceptors (Lipinski definition) is 5. The lowest BCUT2D eigenvalue weighted by Gasteiger charge is -1.86. The van der Waals surface area contributed by atoms with Gasteiger partial charge in [-0.25, -0.2) is 9.78 Å². The number of fused-ring (bicyclic) bond motifs is 1. The van der Waals surface area contributed by atoms with E-state index in [0.717, 1.165) is 11.3 Å². The van der Waals surface area contributed by atoms with Crippen LogP contribution in [0.1, 0.15) is 10.5 Å². The van der Waals surface area contributed by atoms with E-state index >= 15 is 0 Å². The first-order chi connectivity index (χ1) is 5.79. The Morgan fingerprint density at radius 2 is 2.42 bits per heavy atom. The third-order valence-corrected chi connectivity index (χ3v) is 2.15. The molecule has 12 heavy (non-hydrogen) atoms. The number of hydrogen-bond donors (Lipinski definition) is 0. The van der Waals surface area contributed by atoms with E-state index in [1.54, 1.807) is 0 Å². The predicted molar refractivity (Wildman–Crippen MR) is 43.5 cm³/mol. The number of nitrogens with zero attached hydrogens (tertiary/aromatic N) is 1. The Kier molecular flexibility index (Phi) is 1.51. The summed E-state index contributed by atoms with van der Waals surface area (Å²) in [5, 5.41) is 0. The van der Waals surface area contributed by atoms with Crippen LogP contribution >= 0.6 is 11.3 Å². The first-order valence-corrected chi connectivity index (χ1v) is 3.96. The minimum absolute atomic E-state index is 0.305. The van der Waals surface area contributed by atoms with Crippen molar-refractivity contribution in [2.75, 3.05) is 0 Å². The average Bonchev–Trinajstić information content (AvgIpc) is 2.43. The first-order valence-electron chi connectivity index (χ1n) is 3.14. The Balaban J connectivity index is 2.82. The van der Waals surface area contributed by atoms with Gasteiger partial charge in [-0.2, -0.15) is 0 Å². The van der Waals surface area contributed by atoms with Gasteiger partial charge in [-0.05, 0) is 6.07 Å². The summed E-state index contributed by atoms with van der Waals surface area (Å²) in [6.45, 7) is 0. The Morgan fingerprint density at radius 1 is 1.58 bits per heavy atom. The monoisotopic (exact) mass is 181 g/mol. The molecule has 2 aromatic rings. The van der Waals surface area contributed by atoms with Crippen molar-refractivity contribution in [3.63, 3.8) is 0 Å². The second kappa shape index (κ2) is 2.53. The van der Waals surface area contributed by atoms with Crippen LogP contribution in [-0.4, -0.2) is 11.3 Å². The van der Waals surface area contributed by atoms with Crippen molar-refractivity contribution >= 4 is 27.9 Å². The van der Waals surface area contributed by atoms with Crippen molar-refractivity contribution < 1.29 is 9.21 Å². The van der Waals surface area contributed by atoms with Gasteiger partial charge in [-0.15, -0.1) is 0 Å². The molecule has 0 atom stereocenters. The minimum atomic E-state index is -0.380. The third kappa shape index (κ3) is 1.04. The molecule has 0 amide bonds. The van der Waals surface area contributed by atoms with Gasteiger partial charge in [0.2, 0.25) is 0 Å². The number of rotatable bonds is 1. The van der Waals surface area contributed by atoms with E-state index in [0.29, 0.717) is 22.3 Å². The molecule has 2 rings (SSSR count). The summed E-state index contributed by atoms with van der Waals surface area (Å²) in [6, 6.07) is 1.53. The molecule has 4 nitrogen and oxygen atoms in total. The van der Waals surface area contributed by atoms with Crippen molar-refractivity contribution in [3.05, 3.63) is 27.7 Å². The molecule has 0 saturated carbocycles. The smallest absolute Gasteiger partial charge is 0.396 e. The summed E-state index contributed by atoms with van der Waals surface area (Å²) in [5.74, 6) is 0. The van der Waals surface area contributed by atoms with E-state index in [-0.39, 0.29) is 4.94 Å². The Labute approximate surface area is 70.5 Å². The van der Waals surface area contributed by atoms with Gasteiger partial charge in [0, 0.05) is 0 Å². The highest BCUT2D eigenvalue weighted by Gasteiger charge is 2.02. The number of aldehydes is 1. The van der Waals surface area contributed by atoms with E-state index in [2.05, 4.69) is 4.98 Å². The van der Waals surface area contributed by atoms with Crippen molar-refractivity contribution in [1.82, 2.24) is 4.98 Å². The molecule has 60 valence electrons. The molecule has 2 aromatic heterocycles. The number of carbonyl (C=O) groups is 1. The topological polar surface area (TPSA) is 60.2 Å². The fourth-order valence-electron chi connectivity index (χ4n) is 0.861. The fourth-order valence-corrected chi connectivity index (χ4v) is 1.55. The van der Waals surface area contributed by atoms with Gasteiger partial charge in [0.25, 0.3) is 0 Å². The molecule has 0 aromatic carbocycles. The first kappa shape index (κ1) is 7.17. The standard InChI is InChI=1S/C7H3NO3S/c9-3-4-1-6-5(2-8-4)11-7(10)12-6/h1-3H. The zero-order valence-corrected chi connectivity index (χ0v) is 6.63. The maximum Gasteiger partial charge on any atom is 0.396 e. The number of aromatic nitrogens is 1. The van der Waals surface area contributed by atoms with E-state index in [1.807, 2.05) is 0 Å². The maximum absolute atomic E-state index is 10.7. The Hall–Kier alpha value is -1.49. The number of pyridine rings is 1. The molecule has 0 aliphatic heterocycles. The van der Waals surface area contributed by atoms with Crippen molar-refractivity contribution in [1.29, 1.82) is 0 Å². The van der Waals surface area contributed by atoms with Gasteiger partial charge < -0.3 is 4.42 Å². The van der Waals surface area contributed by atoms with Crippen molar-refractivity contribution in [2.45, 2.75) is 0 Å². The molecule has 0 aliphatic carbocycles. The second-order valence-electron chi connectivity index (χ2n) is 2.13. The van der Waals surface area contributed by atoms with Crippen LogP contribution in [0.2, 0.25) is 0 Å². The molecule has 0 fully saturated rings. The molecule has 0 spiro atoms. The number of carbonyl (C=O) groups excluding carboxylic acids is 1. The highest BCUT2D eigenvalue weighted by atomic mass is 32.1. The van der Waals surface area contributed by atoms with Crippen LogP contribution in [0.5, 0.6) is 0 Å². The molecule has 0 N–H and O–H groups in total. The van der Waals surface area contributed by atoms with E-state index in [1.165, 1.54) is 12.3 Å². The van der Waals surface area contributed by atoms with Crippen molar-refractivity contribution in [3.8, 4) is 0 Å². The highest BCUT2D eigenvalue weighted by Crippen LogP contribution is 2.15. The zero-order chi connectivity index (χ0) is 8.55. The van der Waals surface area contributed by atoms with E-state index in [4.69, 9.17) is 4.42 Å². The summed E-state index contributed by atoms with van der Waals surface area (Å²) >= 11 is 0.961. The second-order valence-corrected chi connectivity index (χ2v) is 3.11. The summed E-state index contributed by atoms with van der Waals surface area (Å²) in [5.41, 5.74) is 0.732. The van der Waals surface area contributed by atoms with E-state index in [9.17, 15) is 9.59 Å². The van der Waals surface area contributed by atoms with Gasteiger partial charge in [-0.3, -0.25) is 4.79 Å². The average molecular weight is 181 g/mol. The highest BCUT2D eigenvalue weighted by molar-refractivity contribution is 7.16. The molecule has 5 heteroatoms. The van der Waals surface area contributed by atoms with E-state index < -0.39 is 0 Å². The molecule has 0 bridgehead atoms. The summed E-state index contributed by atoms with van der Waals surface area (Å²) < 4.78 is 5.40. The summed E-state index contributed by atoms with van der Waals surface area (Å²) in [4.78, 5) is 24.4. The quantitative estimate of drug-likeness (QED) is 0.617. The van der Waals surface area contributed by atoms with Crippen LogP contribution in [0.15, 0.2) is 21.5 Å². The molecule has 0 saturated heterocycles. The lowest BCUT2D eigenvalue weighted by molar-refractivity contribution is 0.111. The van der Waals surface area contributed by atoms with Crippen LogP contribution in [0, 0.1) is 0 Å². The van der Waals surface area contributed by atoms with Gasteiger partial charge in [0.1, 0.15) is 5.69 Å². The normalized spacial score (nSPS) is 10.3. The largest absolute Gasteiger partial charge is 0.412 e. The Morgan fingerprint density at radius 3 is 3.17 bits per heavy atom. The van der Waals surface area contributed by atoms with Gasteiger partial charge in [0.05, 0.1) is 10.9 Å². The predicted octanol–water partition coefficient (Wildman–Crippen LogP) is 1.06. The zero-order valence-electron chi connectivity index (χ0n) is 5.81. The minimum Gasteiger partial charge on any atom is -0.412 e. The van der Waals surface area contributed by atoms with Gasteiger partial charge >= 0.3 is 4.94 Å². The third-order valence-electron chi connectivity index (χ3n) is 1.36. The summed E-state index contributed by atoms with van der Waals surface area (Å²) in [7, 11) is 0. The van der Waals surface area contributed by atoms with Crippen LogP contribution in [-0.2, 0) is 0 Å². The lowest BCUT2D eigenvalue weighted by atomic mass is 10.4. The molecular weight excluding hydrogens is 178 g/mol. The SMILES string of the molecule is O=Cc1cc2sc(=O)oc2cn1. The fraction of sp³-hybridized carbons (Fsp3) is 0. The maximum atomic E-state index is 10.7. The molecular formula is C7H3NO3S. The molecule has 0 unspecified atom stereocenters. The molecule has 2 heterocycles. The Bertz CT molecular complexity index is 485. The molecule has 0 radical (unpaired) electrons.